The van der Waals surface area contributed by atoms with E-state index in [9.17, 15) is 18.0 Å². The van der Waals surface area contributed by atoms with Gasteiger partial charge in [0.25, 0.3) is 0 Å². The summed E-state index contributed by atoms with van der Waals surface area (Å²) in [6.45, 7) is 0. The number of nitrogen functional groups attached to an aromatic ring is 1. The number of anilines is 1. The summed E-state index contributed by atoms with van der Waals surface area (Å²) >= 11 is 0. The lowest BCUT2D eigenvalue weighted by Crippen LogP contribution is -2.17. The fraction of sp³-hybridized carbons (Fsp3) is 0.0526. The highest BCUT2D eigenvalue weighted by atomic mass is 19.4. The smallest absolute Gasteiger partial charge is 0.434 e. The van der Waals surface area contributed by atoms with E-state index in [1.807, 2.05) is 6.07 Å². The summed E-state index contributed by atoms with van der Waals surface area (Å²) in [4.78, 5) is 11.1. The Bertz CT molecular complexity index is 1230. The van der Waals surface area contributed by atoms with Crippen LogP contribution in [-0.4, -0.2) is 35.9 Å². The zero-order chi connectivity index (χ0) is 21.5. The van der Waals surface area contributed by atoms with Gasteiger partial charge in [0, 0.05) is 11.3 Å². The summed E-state index contributed by atoms with van der Waals surface area (Å²) in [5.74, 6) is -1.71. The van der Waals surface area contributed by atoms with Gasteiger partial charge in [0.05, 0.1) is 23.8 Å². The zero-order valence-corrected chi connectivity index (χ0v) is 15.1. The summed E-state index contributed by atoms with van der Waals surface area (Å²) in [5, 5.41) is 20.7. The number of nitrogens with zero attached hydrogens (tertiary/aromatic N) is 5. The van der Waals surface area contributed by atoms with Gasteiger partial charge in [-0.2, -0.15) is 18.3 Å². The van der Waals surface area contributed by atoms with Gasteiger partial charge in [-0.25, -0.2) is 14.2 Å². The predicted octanol–water partition coefficient (Wildman–Crippen LogP) is 3.42. The molecule has 11 heteroatoms. The molecule has 0 saturated heterocycles. The van der Waals surface area contributed by atoms with Gasteiger partial charge in [-0.1, -0.05) is 17.3 Å². The van der Waals surface area contributed by atoms with Gasteiger partial charge in [-0.15, -0.1) is 5.10 Å². The first kappa shape index (κ1) is 19.2. The zero-order valence-electron chi connectivity index (χ0n) is 15.1. The van der Waals surface area contributed by atoms with Crippen molar-refractivity contribution in [3.8, 4) is 22.6 Å². The Hall–Kier alpha value is -4.15. The minimum absolute atomic E-state index is 0.0507. The van der Waals surface area contributed by atoms with E-state index < -0.39 is 23.4 Å². The number of carboxylic acid groups (broad SMARTS) is 1. The van der Waals surface area contributed by atoms with Crippen LogP contribution in [0.25, 0.3) is 22.6 Å². The standard InChI is InChI=1S/C19H13F3N6O2/c20-19(21,22)17-15(18(29)30)9-24-28(17)14-6-4-13(5-7-14)27-10-16(25-26-27)11-2-1-3-12(23)8-11/h1-10H,23H2,(H,29,30). The van der Waals surface area contributed by atoms with Crippen molar-refractivity contribution in [3.05, 3.63) is 72.2 Å². The highest BCUT2D eigenvalue weighted by Gasteiger charge is 2.40. The molecule has 152 valence electrons. The quantitative estimate of drug-likeness (QED) is 0.495. The summed E-state index contributed by atoms with van der Waals surface area (Å²) < 4.78 is 42.1. The molecule has 2 heterocycles. The Morgan fingerprint density at radius 2 is 1.77 bits per heavy atom. The third-order valence-corrected chi connectivity index (χ3v) is 4.30. The van der Waals surface area contributed by atoms with Crippen LogP contribution in [0.3, 0.4) is 0 Å². The molecule has 4 aromatic rings. The van der Waals surface area contributed by atoms with Gasteiger partial charge in [0.15, 0.2) is 5.69 Å². The fourth-order valence-electron chi connectivity index (χ4n) is 2.94. The van der Waals surface area contributed by atoms with Crippen molar-refractivity contribution in [2.75, 3.05) is 5.73 Å². The number of nitrogens with two attached hydrogens (primary N) is 1. The topological polar surface area (TPSA) is 112 Å². The number of hydrogen-bond donors (Lipinski definition) is 2. The molecule has 0 atom stereocenters. The number of aromatic nitrogens is 5. The Labute approximate surface area is 167 Å². The van der Waals surface area contributed by atoms with Crippen LogP contribution >= 0.6 is 0 Å². The number of benzene rings is 2. The molecule has 4 rings (SSSR count). The Morgan fingerprint density at radius 3 is 2.40 bits per heavy atom. The number of carboxylic acids is 1. The van der Waals surface area contributed by atoms with E-state index in [0.717, 1.165) is 5.56 Å². The molecule has 0 amide bonds. The largest absolute Gasteiger partial charge is 0.478 e. The van der Waals surface area contributed by atoms with Crippen LogP contribution in [0.5, 0.6) is 0 Å². The highest BCUT2D eigenvalue weighted by Crippen LogP contribution is 2.33. The van der Waals surface area contributed by atoms with Crippen LogP contribution in [0.4, 0.5) is 18.9 Å². The van der Waals surface area contributed by atoms with Gasteiger partial charge >= 0.3 is 12.1 Å². The normalized spacial score (nSPS) is 11.6. The fourth-order valence-corrected chi connectivity index (χ4v) is 2.94. The van der Waals surface area contributed by atoms with E-state index in [1.165, 1.54) is 28.9 Å². The molecular weight excluding hydrogens is 401 g/mol. The van der Waals surface area contributed by atoms with Crippen molar-refractivity contribution in [2.24, 2.45) is 0 Å². The molecule has 2 aromatic heterocycles. The Kier molecular flexibility index (Phi) is 4.49. The molecule has 8 nitrogen and oxygen atoms in total. The maximum absolute atomic E-state index is 13.4. The van der Waals surface area contributed by atoms with E-state index in [1.54, 1.807) is 24.4 Å². The molecule has 30 heavy (non-hydrogen) atoms. The van der Waals surface area contributed by atoms with E-state index >= 15 is 0 Å². The van der Waals surface area contributed by atoms with Crippen LogP contribution in [-0.2, 0) is 6.18 Å². The highest BCUT2D eigenvalue weighted by molar-refractivity contribution is 5.89. The number of aromatic carboxylic acids is 1. The average Bonchev–Trinajstić information content (AvgIpc) is 3.36. The summed E-state index contributed by atoms with van der Waals surface area (Å²) in [6, 6.07) is 12.9. The maximum atomic E-state index is 13.4. The number of alkyl halides is 3. The van der Waals surface area contributed by atoms with E-state index in [2.05, 4.69) is 15.4 Å². The third kappa shape index (κ3) is 3.48. The number of hydrogen-bond acceptors (Lipinski definition) is 5. The second kappa shape index (κ2) is 7.03. The van der Waals surface area contributed by atoms with E-state index in [4.69, 9.17) is 10.8 Å². The van der Waals surface area contributed by atoms with Gasteiger partial charge in [0.2, 0.25) is 0 Å². The van der Waals surface area contributed by atoms with Crippen LogP contribution in [0.2, 0.25) is 0 Å². The first-order chi connectivity index (χ1) is 14.2. The summed E-state index contributed by atoms with van der Waals surface area (Å²) in [7, 11) is 0. The van der Waals surface area contributed by atoms with Gasteiger partial charge in [-0.05, 0) is 36.4 Å². The predicted molar refractivity (Wildman–Crippen MR) is 100 cm³/mol. The summed E-state index contributed by atoms with van der Waals surface area (Å²) in [5.41, 5.74) is 6.00. The van der Waals surface area contributed by atoms with Crippen molar-refractivity contribution < 1.29 is 23.1 Å². The second-order valence-electron chi connectivity index (χ2n) is 6.31. The molecule has 0 aliphatic carbocycles. The van der Waals surface area contributed by atoms with E-state index in [-0.39, 0.29) is 5.69 Å². The van der Waals surface area contributed by atoms with Crippen LogP contribution < -0.4 is 5.73 Å². The molecule has 0 spiro atoms. The lowest BCUT2D eigenvalue weighted by molar-refractivity contribution is -0.143. The minimum Gasteiger partial charge on any atom is -0.478 e. The van der Waals surface area contributed by atoms with Crippen molar-refractivity contribution in [1.82, 2.24) is 24.8 Å². The minimum atomic E-state index is -4.89. The molecule has 2 aromatic carbocycles. The number of halogens is 3. The van der Waals surface area contributed by atoms with Gasteiger partial charge in [0.1, 0.15) is 11.3 Å². The SMILES string of the molecule is Nc1cccc(-c2cn(-c3ccc(-n4ncc(C(=O)O)c4C(F)(F)F)cc3)nn2)c1. The van der Waals surface area contributed by atoms with Gasteiger partial charge in [-0.3, -0.25) is 0 Å². The van der Waals surface area contributed by atoms with E-state index in [0.29, 0.717) is 27.9 Å². The molecule has 0 aliphatic heterocycles. The molecule has 0 radical (unpaired) electrons. The molecule has 0 aliphatic rings. The molecule has 0 unspecified atom stereocenters. The molecular formula is C19H13F3N6O2. The monoisotopic (exact) mass is 414 g/mol. The summed E-state index contributed by atoms with van der Waals surface area (Å²) in [6.07, 6.45) is -2.56. The first-order valence-corrected chi connectivity index (χ1v) is 8.51. The Balaban J connectivity index is 1.67. The van der Waals surface area contributed by atoms with Crippen LogP contribution in [0.1, 0.15) is 16.1 Å². The average molecular weight is 414 g/mol. The first-order valence-electron chi connectivity index (χ1n) is 8.51. The third-order valence-electron chi connectivity index (χ3n) is 4.30. The molecule has 3 N–H and O–H groups in total. The maximum Gasteiger partial charge on any atom is 0.434 e. The molecule has 0 fully saturated rings. The lowest BCUT2D eigenvalue weighted by Gasteiger charge is -2.12. The van der Waals surface area contributed by atoms with Crippen LogP contribution in [0, 0.1) is 0 Å². The van der Waals surface area contributed by atoms with Crippen molar-refractivity contribution in [3.63, 3.8) is 0 Å². The van der Waals surface area contributed by atoms with Crippen molar-refractivity contribution in [2.45, 2.75) is 6.18 Å². The number of carbonyl (C=O) groups is 1. The second-order valence-corrected chi connectivity index (χ2v) is 6.31. The van der Waals surface area contributed by atoms with Gasteiger partial charge < -0.3 is 10.8 Å². The van der Waals surface area contributed by atoms with Crippen molar-refractivity contribution >= 4 is 11.7 Å². The Morgan fingerprint density at radius 1 is 1.07 bits per heavy atom. The number of rotatable bonds is 4. The molecule has 0 saturated carbocycles. The van der Waals surface area contributed by atoms with Crippen molar-refractivity contribution in [1.29, 1.82) is 0 Å². The lowest BCUT2D eigenvalue weighted by atomic mass is 10.1. The molecule has 0 bridgehead atoms. The van der Waals surface area contributed by atoms with Crippen LogP contribution in [0.15, 0.2) is 60.9 Å².